The molecule has 1 N–H and O–H groups in total. The lowest BCUT2D eigenvalue weighted by molar-refractivity contribution is -0.140. The zero-order chi connectivity index (χ0) is 26.3. The van der Waals surface area contributed by atoms with E-state index in [0.717, 1.165) is 10.9 Å². The number of nitrogens with zero attached hydrogens (tertiary/aromatic N) is 2. The van der Waals surface area contributed by atoms with Gasteiger partial charge in [-0.25, -0.2) is 4.39 Å². The number of rotatable bonds is 6. The van der Waals surface area contributed by atoms with E-state index in [2.05, 4.69) is 0 Å². The van der Waals surface area contributed by atoms with Gasteiger partial charge in [-0.3, -0.25) is 9.59 Å². The third kappa shape index (κ3) is 4.10. The number of ketones is 1. The average Bonchev–Trinajstić information content (AvgIpc) is 3.37. The number of halogens is 1. The van der Waals surface area contributed by atoms with E-state index < -0.39 is 23.5 Å². The first-order valence-corrected chi connectivity index (χ1v) is 11.6. The second-order valence-electron chi connectivity index (χ2n) is 8.83. The standard InChI is InChI=1S/C29H25FN2O5/c1-31-16-22(20-6-4-5-7-23(20)31)26-25(27(33)21-14-19(36-2)12-13-24(21)37-3)28(34)29(35)32(26)15-17-8-10-18(30)11-9-17/h4-14,16,26,33H,15H2,1-3H3/b27-25+. The second-order valence-corrected chi connectivity index (χ2v) is 8.83. The van der Waals surface area contributed by atoms with E-state index in [1.165, 1.54) is 31.3 Å². The molecule has 2 heterocycles. The number of hydrogen-bond acceptors (Lipinski definition) is 5. The van der Waals surface area contributed by atoms with Gasteiger partial charge in [0.1, 0.15) is 23.1 Å². The largest absolute Gasteiger partial charge is 0.507 e. The molecule has 5 rings (SSSR count). The van der Waals surface area contributed by atoms with Crippen molar-refractivity contribution in [3.05, 3.63) is 101 Å². The SMILES string of the molecule is COc1ccc(OC)c(/C(O)=C2\C(=O)C(=O)N(Cc3ccc(F)cc3)C2c2cn(C)c3ccccc23)c1. The molecule has 1 aliphatic heterocycles. The van der Waals surface area contributed by atoms with Gasteiger partial charge in [-0.1, -0.05) is 30.3 Å². The Kier molecular flexibility index (Phi) is 6.17. The zero-order valence-corrected chi connectivity index (χ0v) is 20.6. The third-order valence-corrected chi connectivity index (χ3v) is 6.69. The Hall–Kier alpha value is -4.59. The van der Waals surface area contributed by atoms with Crippen LogP contribution in [0.3, 0.4) is 0 Å². The van der Waals surface area contributed by atoms with Crippen molar-refractivity contribution in [1.82, 2.24) is 9.47 Å². The molecule has 0 saturated carbocycles. The Morgan fingerprint density at radius 1 is 1.00 bits per heavy atom. The molecule has 3 aromatic carbocycles. The maximum Gasteiger partial charge on any atom is 0.295 e. The van der Waals surface area contributed by atoms with Crippen molar-refractivity contribution in [2.45, 2.75) is 12.6 Å². The van der Waals surface area contributed by atoms with Crippen molar-refractivity contribution >= 4 is 28.4 Å². The van der Waals surface area contributed by atoms with Crippen molar-refractivity contribution in [3.63, 3.8) is 0 Å². The Morgan fingerprint density at radius 3 is 2.43 bits per heavy atom. The van der Waals surface area contributed by atoms with E-state index in [0.29, 0.717) is 22.6 Å². The summed E-state index contributed by atoms with van der Waals surface area (Å²) in [5.74, 6) is -1.58. The molecule has 188 valence electrons. The highest BCUT2D eigenvalue weighted by Gasteiger charge is 2.47. The van der Waals surface area contributed by atoms with E-state index in [4.69, 9.17) is 9.47 Å². The van der Waals surface area contributed by atoms with Crippen LogP contribution in [0, 0.1) is 5.82 Å². The number of fused-ring (bicyclic) bond motifs is 1. The van der Waals surface area contributed by atoms with Crippen molar-refractivity contribution in [3.8, 4) is 11.5 Å². The average molecular weight is 501 g/mol. The van der Waals surface area contributed by atoms with Gasteiger partial charge in [-0.15, -0.1) is 0 Å². The summed E-state index contributed by atoms with van der Waals surface area (Å²) in [6.07, 6.45) is 1.86. The molecule has 1 aliphatic rings. The van der Waals surface area contributed by atoms with Gasteiger partial charge in [-0.05, 0) is 42.0 Å². The fraction of sp³-hybridized carbons (Fsp3) is 0.172. The minimum Gasteiger partial charge on any atom is -0.507 e. The van der Waals surface area contributed by atoms with Crippen LogP contribution in [0.5, 0.6) is 11.5 Å². The molecule has 0 bridgehead atoms. The number of para-hydroxylation sites is 1. The first-order chi connectivity index (χ1) is 17.8. The van der Waals surface area contributed by atoms with Gasteiger partial charge in [0.15, 0.2) is 0 Å². The Labute approximate surface area is 213 Å². The zero-order valence-electron chi connectivity index (χ0n) is 20.6. The van der Waals surface area contributed by atoms with Crippen molar-refractivity contribution in [2.75, 3.05) is 14.2 Å². The molecule has 7 nitrogen and oxygen atoms in total. The molecule has 0 aliphatic carbocycles. The van der Waals surface area contributed by atoms with E-state index in [1.807, 2.05) is 42.1 Å². The van der Waals surface area contributed by atoms with Crippen molar-refractivity contribution in [1.29, 1.82) is 0 Å². The van der Waals surface area contributed by atoms with Crippen LogP contribution in [-0.2, 0) is 23.2 Å². The predicted molar refractivity (Wildman–Crippen MR) is 137 cm³/mol. The summed E-state index contributed by atoms with van der Waals surface area (Å²) in [6, 6.07) is 17.3. The summed E-state index contributed by atoms with van der Waals surface area (Å²) < 4.78 is 26.2. The molecule has 1 atom stereocenters. The molecular weight excluding hydrogens is 475 g/mol. The van der Waals surface area contributed by atoms with Gasteiger partial charge in [0, 0.05) is 36.3 Å². The number of aliphatic hydroxyl groups is 1. The summed E-state index contributed by atoms with van der Waals surface area (Å²) in [6.45, 7) is 0.0464. The molecule has 0 radical (unpaired) electrons. The van der Waals surface area contributed by atoms with Gasteiger partial charge < -0.3 is 24.0 Å². The second kappa shape index (κ2) is 9.46. The van der Waals surface area contributed by atoms with Crippen LogP contribution < -0.4 is 9.47 Å². The molecule has 1 unspecified atom stereocenters. The van der Waals surface area contributed by atoms with Crippen molar-refractivity contribution < 1.29 is 28.6 Å². The lowest BCUT2D eigenvalue weighted by Gasteiger charge is -2.25. The fourth-order valence-corrected chi connectivity index (χ4v) is 4.89. The van der Waals surface area contributed by atoms with E-state index in [-0.39, 0.29) is 23.4 Å². The fourth-order valence-electron chi connectivity index (χ4n) is 4.89. The van der Waals surface area contributed by atoms with Gasteiger partial charge in [-0.2, -0.15) is 0 Å². The highest BCUT2D eigenvalue weighted by atomic mass is 19.1. The molecule has 37 heavy (non-hydrogen) atoms. The maximum absolute atomic E-state index is 13.5. The Balaban J connectivity index is 1.75. The number of amides is 1. The van der Waals surface area contributed by atoms with E-state index in [1.54, 1.807) is 30.3 Å². The van der Waals surface area contributed by atoms with E-state index >= 15 is 0 Å². The first-order valence-electron chi connectivity index (χ1n) is 11.6. The summed E-state index contributed by atoms with van der Waals surface area (Å²) in [4.78, 5) is 28.3. The molecule has 1 saturated heterocycles. The summed E-state index contributed by atoms with van der Waals surface area (Å²) in [5, 5.41) is 12.4. The first kappa shape index (κ1) is 24.1. The smallest absolute Gasteiger partial charge is 0.295 e. The number of Topliss-reactive ketones (excluding diaryl/α,β-unsaturated/α-hetero) is 1. The van der Waals surface area contributed by atoms with Gasteiger partial charge in [0.2, 0.25) is 0 Å². The van der Waals surface area contributed by atoms with Gasteiger partial charge >= 0.3 is 0 Å². The number of hydrogen-bond donors (Lipinski definition) is 1. The number of carbonyl (C=O) groups excluding carboxylic acids is 2. The third-order valence-electron chi connectivity index (χ3n) is 6.69. The lowest BCUT2D eigenvalue weighted by atomic mass is 9.94. The quantitative estimate of drug-likeness (QED) is 0.230. The maximum atomic E-state index is 13.5. The minimum atomic E-state index is -0.896. The van der Waals surface area contributed by atoms with Crippen LogP contribution in [0.4, 0.5) is 4.39 Å². The molecule has 1 amide bonds. The highest BCUT2D eigenvalue weighted by molar-refractivity contribution is 6.46. The minimum absolute atomic E-state index is 0.0464. The summed E-state index contributed by atoms with van der Waals surface area (Å²) in [7, 11) is 4.82. The van der Waals surface area contributed by atoms with Crippen LogP contribution in [0.2, 0.25) is 0 Å². The van der Waals surface area contributed by atoms with Crippen LogP contribution in [0.25, 0.3) is 16.7 Å². The molecule has 8 heteroatoms. The number of carbonyl (C=O) groups is 2. The number of likely N-dealkylation sites (tertiary alicyclic amines) is 1. The van der Waals surface area contributed by atoms with Crippen LogP contribution >= 0.6 is 0 Å². The molecular formula is C29H25FN2O5. The number of ether oxygens (including phenoxy) is 2. The molecule has 1 fully saturated rings. The summed E-state index contributed by atoms with van der Waals surface area (Å²) >= 11 is 0. The molecule has 0 spiro atoms. The monoisotopic (exact) mass is 500 g/mol. The number of aromatic nitrogens is 1. The molecule has 4 aromatic rings. The van der Waals surface area contributed by atoms with E-state index in [9.17, 15) is 19.1 Å². The van der Waals surface area contributed by atoms with Crippen LogP contribution in [0.1, 0.15) is 22.7 Å². The molecule has 1 aromatic heterocycles. The van der Waals surface area contributed by atoms with Crippen LogP contribution in [0.15, 0.2) is 78.5 Å². The Morgan fingerprint density at radius 2 is 1.73 bits per heavy atom. The number of benzene rings is 3. The van der Waals surface area contributed by atoms with Crippen LogP contribution in [-0.4, -0.2) is 40.5 Å². The lowest BCUT2D eigenvalue weighted by Crippen LogP contribution is -2.29. The van der Waals surface area contributed by atoms with Gasteiger partial charge in [0.05, 0.1) is 31.4 Å². The topological polar surface area (TPSA) is 81.0 Å². The number of aryl methyl sites for hydroxylation is 1. The summed E-state index contributed by atoms with van der Waals surface area (Å²) in [5.41, 5.74) is 2.40. The van der Waals surface area contributed by atoms with Crippen molar-refractivity contribution in [2.24, 2.45) is 7.05 Å². The Bertz CT molecular complexity index is 1550. The van der Waals surface area contributed by atoms with Gasteiger partial charge in [0.25, 0.3) is 11.7 Å². The number of methoxy groups -OCH3 is 2. The highest BCUT2D eigenvalue weighted by Crippen LogP contribution is 2.44. The number of aliphatic hydroxyl groups excluding tert-OH is 1. The normalized spacial score (nSPS) is 17.0. The predicted octanol–water partition coefficient (Wildman–Crippen LogP) is 4.96.